The lowest BCUT2D eigenvalue weighted by Crippen LogP contribution is -2.31. The molecule has 1 aliphatic heterocycles. The molecular formula is C27H32N4O. The molecule has 1 aliphatic rings. The molecule has 0 N–H and O–H groups in total. The Bertz CT molecular complexity index is 1190. The summed E-state index contributed by atoms with van der Waals surface area (Å²) >= 11 is 0. The van der Waals surface area contributed by atoms with E-state index >= 15 is 0 Å². The molecule has 2 aromatic carbocycles. The third-order valence-corrected chi connectivity index (χ3v) is 6.32. The molecule has 0 saturated carbocycles. The maximum atomic E-state index is 10.0. The van der Waals surface area contributed by atoms with Crippen LogP contribution in [0, 0.1) is 18.3 Å². The monoisotopic (exact) mass is 428 g/mol. The molecule has 0 radical (unpaired) electrons. The van der Waals surface area contributed by atoms with Gasteiger partial charge < -0.3 is 14.2 Å². The predicted molar refractivity (Wildman–Crippen MR) is 132 cm³/mol. The van der Waals surface area contributed by atoms with Crippen LogP contribution in [0.2, 0.25) is 0 Å². The summed E-state index contributed by atoms with van der Waals surface area (Å²) in [4.78, 5) is 9.50. The summed E-state index contributed by atoms with van der Waals surface area (Å²) in [6, 6.07) is 13.1. The van der Waals surface area contributed by atoms with Gasteiger partial charge in [-0.05, 0) is 38.6 Å². The van der Waals surface area contributed by atoms with Crippen LogP contribution in [-0.4, -0.2) is 43.1 Å². The van der Waals surface area contributed by atoms with Crippen LogP contribution in [0.1, 0.15) is 55.3 Å². The first-order valence-electron chi connectivity index (χ1n) is 11.2. The van der Waals surface area contributed by atoms with Gasteiger partial charge in [-0.1, -0.05) is 63.3 Å². The number of fused-ring (bicyclic) bond motifs is 1. The number of oxazole rings is 1. The van der Waals surface area contributed by atoms with Crippen LogP contribution in [0.15, 0.2) is 34.7 Å². The van der Waals surface area contributed by atoms with Crippen LogP contribution in [0.4, 0.5) is 5.69 Å². The zero-order valence-electron chi connectivity index (χ0n) is 19.9. The SMILES string of the molecule is Cc1c(C=Cc2ccccc2)c(N2CC[C@H](N(C)C)C2)c2oc(C(C)(C)C)nc2c1C#N. The number of rotatable bonds is 4. The molecular weight excluding hydrogens is 396 g/mol. The van der Waals surface area contributed by atoms with Gasteiger partial charge in [-0.25, -0.2) is 4.98 Å². The van der Waals surface area contributed by atoms with Gasteiger partial charge in [0.2, 0.25) is 5.89 Å². The van der Waals surface area contributed by atoms with E-state index < -0.39 is 0 Å². The van der Waals surface area contributed by atoms with E-state index in [0.717, 1.165) is 47.5 Å². The quantitative estimate of drug-likeness (QED) is 0.505. The zero-order valence-corrected chi connectivity index (χ0v) is 19.9. The zero-order chi connectivity index (χ0) is 23.0. The predicted octanol–water partition coefficient (Wildman–Crippen LogP) is 5.62. The lowest BCUT2D eigenvalue weighted by molar-refractivity contribution is 0.315. The smallest absolute Gasteiger partial charge is 0.201 e. The van der Waals surface area contributed by atoms with Crippen molar-refractivity contribution in [3.8, 4) is 6.07 Å². The Balaban J connectivity index is 1.96. The van der Waals surface area contributed by atoms with Crippen LogP contribution in [0.3, 0.4) is 0 Å². The lowest BCUT2D eigenvalue weighted by atomic mass is 9.96. The van der Waals surface area contributed by atoms with Gasteiger partial charge in [-0.3, -0.25) is 0 Å². The molecule has 32 heavy (non-hydrogen) atoms. The van der Waals surface area contributed by atoms with Gasteiger partial charge in [-0.2, -0.15) is 5.26 Å². The molecule has 166 valence electrons. The van der Waals surface area contributed by atoms with E-state index in [1.54, 1.807) is 0 Å². The summed E-state index contributed by atoms with van der Waals surface area (Å²) in [5.41, 5.74) is 5.92. The second kappa shape index (κ2) is 8.44. The fraction of sp³-hybridized carbons (Fsp3) is 0.407. The Hall–Kier alpha value is -3.10. The van der Waals surface area contributed by atoms with Gasteiger partial charge in [0.05, 0.1) is 11.3 Å². The number of benzene rings is 2. The second-order valence-corrected chi connectivity index (χ2v) is 9.92. The Kier molecular flexibility index (Phi) is 5.83. The van der Waals surface area contributed by atoms with Gasteiger partial charge in [-0.15, -0.1) is 0 Å². The minimum absolute atomic E-state index is 0.242. The fourth-order valence-electron chi connectivity index (χ4n) is 4.35. The average molecular weight is 429 g/mol. The number of anilines is 1. The molecule has 2 heterocycles. The van der Waals surface area contributed by atoms with Crippen molar-refractivity contribution in [2.45, 2.75) is 45.6 Å². The van der Waals surface area contributed by atoms with Gasteiger partial charge in [0.1, 0.15) is 11.6 Å². The second-order valence-electron chi connectivity index (χ2n) is 9.92. The fourth-order valence-corrected chi connectivity index (χ4v) is 4.35. The number of aromatic nitrogens is 1. The highest BCUT2D eigenvalue weighted by atomic mass is 16.4. The highest BCUT2D eigenvalue weighted by Crippen LogP contribution is 2.41. The van der Waals surface area contributed by atoms with Crippen molar-refractivity contribution in [3.05, 3.63) is 58.5 Å². The minimum atomic E-state index is -0.242. The van der Waals surface area contributed by atoms with Crippen LogP contribution < -0.4 is 4.90 Å². The standard InChI is InChI=1S/C27H32N4O/c1-18-21(13-12-19-10-8-7-9-11-19)24(31-15-14-20(17-31)30(5)6)25-23(22(18)16-28)29-26(32-25)27(2,3)4/h7-13,20H,14-15,17H2,1-6H3/t20-/m0/s1. The van der Waals surface area contributed by atoms with Crippen LogP contribution in [0.25, 0.3) is 23.3 Å². The first-order valence-corrected chi connectivity index (χ1v) is 11.2. The van der Waals surface area contributed by atoms with Gasteiger partial charge in [0.15, 0.2) is 5.58 Å². The molecule has 1 fully saturated rings. The van der Waals surface area contributed by atoms with Crippen molar-refractivity contribution in [2.24, 2.45) is 0 Å². The number of nitriles is 1. The first kappa shape index (κ1) is 22.1. The highest BCUT2D eigenvalue weighted by Gasteiger charge is 2.32. The van der Waals surface area contributed by atoms with E-state index in [0.29, 0.717) is 23.0 Å². The summed E-state index contributed by atoms with van der Waals surface area (Å²) < 4.78 is 6.41. The van der Waals surface area contributed by atoms with E-state index in [1.165, 1.54) is 0 Å². The molecule has 0 unspecified atom stereocenters. The molecule has 0 bridgehead atoms. The van der Waals surface area contributed by atoms with Crippen molar-refractivity contribution in [1.82, 2.24) is 9.88 Å². The van der Waals surface area contributed by atoms with E-state index in [-0.39, 0.29) is 5.41 Å². The highest BCUT2D eigenvalue weighted by molar-refractivity contribution is 5.99. The normalized spacial score (nSPS) is 17.1. The maximum absolute atomic E-state index is 10.0. The van der Waals surface area contributed by atoms with Crippen molar-refractivity contribution < 1.29 is 4.42 Å². The number of likely N-dealkylation sites (N-methyl/N-ethyl adjacent to an activating group) is 1. The van der Waals surface area contributed by atoms with Crippen LogP contribution >= 0.6 is 0 Å². The summed E-state index contributed by atoms with van der Waals surface area (Å²) in [5, 5.41) is 10.0. The van der Waals surface area contributed by atoms with E-state index in [9.17, 15) is 5.26 Å². The van der Waals surface area contributed by atoms with Crippen molar-refractivity contribution in [3.63, 3.8) is 0 Å². The Morgan fingerprint density at radius 1 is 1.19 bits per heavy atom. The molecule has 1 aromatic heterocycles. The molecule has 3 aromatic rings. The maximum Gasteiger partial charge on any atom is 0.201 e. The average Bonchev–Trinajstić information content (AvgIpc) is 3.40. The van der Waals surface area contributed by atoms with Crippen molar-refractivity contribution in [2.75, 3.05) is 32.1 Å². The van der Waals surface area contributed by atoms with Gasteiger partial charge in [0, 0.05) is 30.1 Å². The molecule has 0 aliphatic carbocycles. The van der Waals surface area contributed by atoms with E-state index in [1.807, 2.05) is 25.1 Å². The summed E-state index contributed by atoms with van der Waals surface area (Å²) in [6.45, 7) is 10.2. The lowest BCUT2D eigenvalue weighted by Gasteiger charge is -2.24. The third kappa shape index (κ3) is 4.03. The molecule has 5 heteroatoms. The molecule has 5 nitrogen and oxygen atoms in total. The molecule has 1 saturated heterocycles. The van der Waals surface area contributed by atoms with E-state index in [4.69, 9.17) is 9.40 Å². The number of hydrogen-bond acceptors (Lipinski definition) is 5. The van der Waals surface area contributed by atoms with Gasteiger partial charge >= 0.3 is 0 Å². The van der Waals surface area contributed by atoms with Crippen molar-refractivity contribution >= 4 is 28.9 Å². The first-order chi connectivity index (χ1) is 15.2. The molecule has 1 atom stereocenters. The Morgan fingerprint density at radius 2 is 1.91 bits per heavy atom. The largest absolute Gasteiger partial charge is 0.438 e. The summed E-state index contributed by atoms with van der Waals surface area (Å²) in [5.74, 6) is 0.664. The Morgan fingerprint density at radius 3 is 2.50 bits per heavy atom. The van der Waals surface area contributed by atoms with Crippen LogP contribution in [-0.2, 0) is 5.41 Å². The summed E-state index contributed by atoms with van der Waals surface area (Å²) in [6.07, 6.45) is 5.33. The van der Waals surface area contributed by atoms with E-state index in [2.05, 4.69) is 75.0 Å². The Labute approximate surface area is 191 Å². The number of hydrogen-bond donors (Lipinski definition) is 0. The number of nitrogens with zero attached hydrogens (tertiary/aromatic N) is 4. The minimum Gasteiger partial charge on any atom is -0.438 e. The molecule has 0 spiro atoms. The molecule has 0 amide bonds. The molecule has 4 rings (SSSR count). The summed E-state index contributed by atoms with van der Waals surface area (Å²) in [7, 11) is 4.27. The van der Waals surface area contributed by atoms with Crippen molar-refractivity contribution in [1.29, 1.82) is 5.26 Å². The van der Waals surface area contributed by atoms with Gasteiger partial charge in [0.25, 0.3) is 0 Å². The third-order valence-electron chi connectivity index (χ3n) is 6.32. The topological polar surface area (TPSA) is 56.3 Å². The van der Waals surface area contributed by atoms with Crippen LogP contribution in [0.5, 0.6) is 0 Å².